The van der Waals surface area contributed by atoms with E-state index in [0.717, 1.165) is 0 Å². The average molecular weight is 169 g/mol. The van der Waals surface area contributed by atoms with E-state index in [4.69, 9.17) is 21.8 Å². The summed E-state index contributed by atoms with van der Waals surface area (Å²) in [6.45, 7) is 0.718. The topological polar surface area (TPSA) is 25.1 Å². The highest BCUT2D eigenvalue weighted by Crippen LogP contribution is 2.10. The predicted molar refractivity (Wildman–Crippen MR) is 40.5 cm³/mol. The molecule has 0 aromatic carbocycles. The Bertz CT molecular complexity index is 202. The molecule has 2 aliphatic heterocycles. The maximum Gasteiger partial charge on any atom is 0.0944 e. The van der Waals surface area contributed by atoms with E-state index in [-0.39, 0.29) is 18.1 Å². The molecular weight excluding hydrogens is 152 g/mol. The number of ether oxygens (including phenoxy) is 2. The molecule has 2 atom stereocenters. The molecule has 0 N–H and O–H groups in total. The van der Waals surface area contributed by atoms with Crippen molar-refractivity contribution < 1.29 is 15.0 Å². The SMILES string of the molecule is [2H]C([2H])(C)C1CO1.[2H]C1([2H])OC1CCl. The summed E-state index contributed by atoms with van der Waals surface area (Å²) in [6, 6.07) is 0. The van der Waals surface area contributed by atoms with E-state index in [1.807, 2.05) is 0 Å². The smallest absolute Gasteiger partial charge is 0.0944 e. The van der Waals surface area contributed by atoms with Crippen LogP contribution >= 0.6 is 11.6 Å². The van der Waals surface area contributed by atoms with Crippen molar-refractivity contribution in [1.82, 2.24) is 0 Å². The lowest BCUT2D eigenvalue weighted by molar-refractivity contribution is 0.403. The van der Waals surface area contributed by atoms with Crippen LogP contribution in [0.3, 0.4) is 0 Å². The highest BCUT2D eigenvalue weighted by atomic mass is 35.5. The van der Waals surface area contributed by atoms with Gasteiger partial charge in [-0.15, -0.1) is 11.6 Å². The summed E-state index contributed by atoms with van der Waals surface area (Å²) in [5.41, 5.74) is 0. The van der Waals surface area contributed by atoms with E-state index in [0.29, 0.717) is 6.61 Å². The van der Waals surface area contributed by atoms with Gasteiger partial charge in [0.2, 0.25) is 0 Å². The molecule has 0 amide bonds. The van der Waals surface area contributed by atoms with Crippen molar-refractivity contribution >= 4 is 11.6 Å². The van der Waals surface area contributed by atoms with Gasteiger partial charge in [-0.3, -0.25) is 0 Å². The van der Waals surface area contributed by atoms with Gasteiger partial charge >= 0.3 is 0 Å². The zero-order chi connectivity index (χ0) is 11.0. The molecule has 0 aromatic heterocycles. The summed E-state index contributed by atoms with van der Waals surface area (Å²) >= 11 is 5.22. The molecule has 10 heavy (non-hydrogen) atoms. The lowest BCUT2D eigenvalue weighted by atomic mass is 10.4. The molecule has 0 aliphatic carbocycles. The largest absolute Gasteiger partial charge is 0.373 e. The molecule has 2 fully saturated rings. The fourth-order valence-corrected chi connectivity index (χ4v) is 0.452. The molecule has 0 bridgehead atoms. The average Bonchev–Trinajstić information content (AvgIpc) is 2.82. The van der Waals surface area contributed by atoms with Crippen molar-refractivity contribution in [3.05, 3.63) is 0 Å². The molecule has 2 rings (SSSR count). The van der Waals surface area contributed by atoms with Crippen molar-refractivity contribution in [2.75, 3.05) is 19.0 Å². The lowest BCUT2D eigenvalue weighted by Gasteiger charge is -1.69. The Morgan fingerprint density at radius 3 is 2.30 bits per heavy atom. The first-order valence-electron chi connectivity index (χ1n) is 5.13. The van der Waals surface area contributed by atoms with Gasteiger partial charge < -0.3 is 9.47 Å². The van der Waals surface area contributed by atoms with Crippen molar-refractivity contribution in [3.63, 3.8) is 0 Å². The highest BCUT2D eigenvalue weighted by molar-refractivity contribution is 6.18. The Hall–Kier alpha value is 0.210. The third kappa shape index (κ3) is 4.09. The first-order valence-corrected chi connectivity index (χ1v) is 3.66. The molecule has 2 heterocycles. The van der Waals surface area contributed by atoms with Crippen LogP contribution in [0.2, 0.25) is 0 Å². The molecule has 0 saturated carbocycles. The number of hydrogen-bond acceptors (Lipinski definition) is 2. The van der Waals surface area contributed by atoms with Crippen molar-refractivity contribution in [1.29, 1.82) is 0 Å². The van der Waals surface area contributed by atoms with E-state index in [1.54, 1.807) is 0 Å². The Balaban J connectivity index is 0.000000140. The van der Waals surface area contributed by atoms with E-state index >= 15 is 0 Å². The van der Waals surface area contributed by atoms with Gasteiger partial charge in [0, 0.05) is 2.74 Å². The molecule has 3 heteroatoms. The zero-order valence-corrected chi connectivity index (χ0v) is 6.52. The van der Waals surface area contributed by atoms with E-state index < -0.39 is 12.9 Å². The van der Waals surface area contributed by atoms with Gasteiger partial charge in [-0.1, -0.05) is 6.92 Å². The number of hydrogen-bond donors (Lipinski definition) is 0. The maximum absolute atomic E-state index is 6.99. The second-order valence-electron chi connectivity index (χ2n) is 1.99. The van der Waals surface area contributed by atoms with Gasteiger partial charge in [0.05, 0.1) is 34.0 Å². The Morgan fingerprint density at radius 1 is 1.70 bits per heavy atom. The van der Waals surface area contributed by atoms with E-state index in [9.17, 15) is 0 Å². The molecule has 0 spiro atoms. The van der Waals surface area contributed by atoms with Crippen molar-refractivity contribution in [3.8, 4) is 0 Å². The third-order valence-corrected chi connectivity index (χ3v) is 1.36. The van der Waals surface area contributed by atoms with Gasteiger partial charge in [0.25, 0.3) is 0 Å². The summed E-state index contributed by atoms with van der Waals surface area (Å²) in [5.74, 6) is 0.257. The van der Waals surface area contributed by atoms with Crippen LogP contribution in [-0.4, -0.2) is 31.3 Å². The molecule has 0 aromatic rings. The second-order valence-corrected chi connectivity index (χ2v) is 2.30. The Labute approximate surface area is 72.1 Å². The lowest BCUT2D eigenvalue weighted by Crippen LogP contribution is -1.80. The standard InChI is InChI=1S/C4H8O.C3H5ClO/c1-2-4-3-5-4;4-1-3-2-5-3/h4H,2-3H2,1H3;3H,1-2H2/i2*2D2. The minimum atomic E-state index is -1.41. The third-order valence-electron chi connectivity index (χ3n) is 1.08. The number of alkyl halides is 1. The van der Waals surface area contributed by atoms with Crippen LogP contribution < -0.4 is 0 Å². The normalized spacial score (nSPS) is 46.6. The van der Waals surface area contributed by atoms with Crippen LogP contribution in [0, 0.1) is 0 Å². The van der Waals surface area contributed by atoms with Crippen LogP contribution in [0.25, 0.3) is 0 Å². The number of halogens is 1. The Kier molecular flexibility index (Phi) is 1.79. The minimum Gasteiger partial charge on any atom is -0.373 e. The van der Waals surface area contributed by atoms with Gasteiger partial charge in [-0.05, 0) is 6.37 Å². The fourth-order valence-electron chi connectivity index (χ4n) is 0.326. The predicted octanol–water partition coefficient (Wildman–Crippen LogP) is 1.42. The van der Waals surface area contributed by atoms with Crippen LogP contribution in [0.4, 0.5) is 0 Å². The van der Waals surface area contributed by atoms with E-state index in [2.05, 4.69) is 4.74 Å². The molecule has 0 radical (unpaired) electrons. The van der Waals surface area contributed by atoms with Gasteiger partial charge in [0.15, 0.2) is 0 Å². The molecule has 60 valence electrons. The quantitative estimate of drug-likeness (QED) is 0.460. The molecular formula is C7H13ClO2. The van der Waals surface area contributed by atoms with Crippen LogP contribution in [0.5, 0.6) is 0 Å². The van der Waals surface area contributed by atoms with Crippen LogP contribution in [0.15, 0.2) is 0 Å². The molecule has 2 unspecified atom stereocenters. The van der Waals surface area contributed by atoms with Gasteiger partial charge in [-0.25, -0.2) is 0 Å². The molecule has 2 saturated heterocycles. The van der Waals surface area contributed by atoms with Crippen molar-refractivity contribution in [2.24, 2.45) is 0 Å². The van der Waals surface area contributed by atoms with Crippen LogP contribution in [-0.2, 0) is 9.47 Å². The molecule has 2 nitrogen and oxygen atoms in total. The summed E-state index contributed by atoms with van der Waals surface area (Å²) < 4.78 is 36.7. The summed E-state index contributed by atoms with van der Waals surface area (Å²) in [4.78, 5) is 0. The first kappa shape index (κ1) is 4.29. The van der Waals surface area contributed by atoms with Crippen molar-refractivity contribution in [2.45, 2.75) is 25.5 Å². The number of epoxide rings is 2. The minimum absolute atomic E-state index is 0.118. The highest BCUT2D eigenvalue weighted by Gasteiger charge is 2.19. The monoisotopic (exact) mass is 168 g/mol. The van der Waals surface area contributed by atoms with Gasteiger partial charge in [-0.2, -0.15) is 0 Å². The van der Waals surface area contributed by atoms with E-state index in [1.165, 1.54) is 6.92 Å². The summed E-state index contributed by atoms with van der Waals surface area (Å²) in [6.07, 6.45) is -1.58. The van der Waals surface area contributed by atoms with Crippen LogP contribution in [0.1, 0.15) is 18.8 Å². The molecule has 2 aliphatic rings. The fraction of sp³-hybridized carbons (Fsp3) is 1.00. The summed E-state index contributed by atoms with van der Waals surface area (Å²) in [7, 11) is 0. The first-order chi connectivity index (χ1) is 6.27. The number of rotatable bonds is 2. The second kappa shape index (κ2) is 4.16. The zero-order valence-electron chi connectivity index (χ0n) is 9.76. The Morgan fingerprint density at radius 2 is 2.30 bits per heavy atom. The maximum atomic E-state index is 6.99. The summed E-state index contributed by atoms with van der Waals surface area (Å²) in [5, 5.41) is 0. The van der Waals surface area contributed by atoms with Gasteiger partial charge in [0.1, 0.15) is 0 Å².